The molecule has 1 amide bonds. The zero-order valence-electron chi connectivity index (χ0n) is 17.3. The molecule has 0 aliphatic rings. The summed E-state index contributed by atoms with van der Waals surface area (Å²) in [6.07, 6.45) is 4.89. The summed E-state index contributed by atoms with van der Waals surface area (Å²) < 4.78 is 33.3. The van der Waals surface area contributed by atoms with Crippen molar-refractivity contribution in [3.63, 3.8) is 0 Å². The molecule has 0 saturated heterocycles. The smallest absolute Gasteiger partial charge is 0.256 e. The van der Waals surface area contributed by atoms with Crippen molar-refractivity contribution in [3.8, 4) is 5.75 Å². The van der Waals surface area contributed by atoms with Crippen LogP contribution in [0.5, 0.6) is 5.75 Å². The van der Waals surface area contributed by atoms with Gasteiger partial charge in [-0.15, -0.1) is 11.3 Å². The molecular weight excluding hydrogens is 460 g/mol. The minimum atomic E-state index is -3.69. The summed E-state index contributed by atoms with van der Waals surface area (Å²) in [4.78, 5) is 21.8. The third-order valence-corrected chi connectivity index (χ3v) is 6.88. The van der Waals surface area contributed by atoms with E-state index in [1.165, 1.54) is 35.6 Å². The molecule has 8 nitrogen and oxygen atoms in total. The first-order valence-electron chi connectivity index (χ1n) is 9.91. The van der Waals surface area contributed by atoms with Gasteiger partial charge in [-0.3, -0.25) is 9.78 Å². The van der Waals surface area contributed by atoms with Crippen LogP contribution in [-0.2, 0) is 23.2 Å². The zero-order valence-corrected chi connectivity index (χ0v) is 19.0. The van der Waals surface area contributed by atoms with Crippen molar-refractivity contribution in [1.82, 2.24) is 14.7 Å². The van der Waals surface area contributed by atoms with Crippen LogP contribution in [-0.4, -0.2) is 24.3 Å². The first kappa shape index (κ1) is 22.6. The molecule has 33 heavy (non-hydrogen) atoms. The number of aromatic nitrogens is 2. The van der Waals surface area contributed by atoms with Gasteiger partial charge >= 0.3 is 0 Å². The molecule has 2 N–H and O–H groups in total. The quantitative estimate of drug-likeness (QED) is 0.377. The van der Waals surface area contributed by atoms with E-state index < -0.39 is 15.9 Å². The lowest BCUT2D eigenvalue weighted by molar-refractivity contribution is 0.102. The van der Waals surface area contributed by atoms with E-state index in [1.54, 1.807) is 30.7 Å². The Morgan fingerprint density at radius 2 is 1.76 bits per heavy atom. The highest BCUT2D eigenvalue weighted by Crippen LogP contribution is 2.23. The Balaban J connectivity index is 1.41. The van der Waals surface area contributed by atoms with Crippen molar-refractivity contribution >= 4 is 33.1 Å². The van der Waals surface area contributed by atoms with Crippen molar-refractivity contribution in [2.24, 2.45) is 0 Å². The van der Waals surface area contributed by atoms with Crippen molar-refractivity contribution in [2.45, 2.75) is 18.0 Å². The Labute approximate surface area is 195 Å². The molecule has 0 atom stereocenters. The Kier molecular flexibility index (Phi) is 7.08. The van der Waals surface area contributed by atoms with Gasteiger partial charge in [0.1, 0.15) is 6.61 Å². The van der Waals surface area contributed by atoms with Crippen LogP contribution in [0.2, 0.25) is 0 Å². The number of nitrogens with one attached hydrogen (secondary N) is 2. The highest BCUT2D eigenvalue weighted by molar-refractivity contribution is 7.89. The fourth-order valence-electron chi connectivity index (χ4n) is 2.87. The number of hydrogen-bond acceptors (Lipinski definition) is 7. The molecule has 0 aliphatic heterocycles. The number of nitrogens with zero attached hydrogens (tertiary/aromatic N) is 2. The van der Waals surface area contributed by atoms with Gasteiger partial charge in [-0.25, -0.2) is 18.1 Å². The normalized spacial score (nSPS) is 11.2. The van der Waals surface area contributed by atoms with E-state index in [0.717, 1.165) is 10.4 Å². The summed E-state index contributed by atoms with van der Waals surface area (Å²) in [5.41, 5.74) is 1.22. The number of thiophene rings is 1. The molecule has 0 aliphatic carbocycles. The minimum Gasteiger partial charge on any atom is -0.485 e. The van der Waals surface area contributed by atoms with Crippen molar-refractivity contribution in [2.75, 3.05) is 5.32 Å². The van der Waals surface area contributed by atoms with Crippen LogP contribution in [0.1, 0.15) is 20.8 Å². The first-order valence-corrected chi connectivity index (χ1v) is 12.3. The number of carbonyl (C=O) groups is 1. The maximum absolute atomic E-state index is 12.7. The fraction of sp³-hybridized carbons (Fsp3) is 0.0870. The Morgan fingerprint density at radius 1 is 0.970 bits per heavy atom. The molecular formula is C23H20N4O4S2. The number of pyridine rings is 2. The minimum absolute atomic E-state index is 0.0785. The van der Waals surface area contributed by atoms with E-state index in [4.69, 9.17) is 4.74 Å². The second-order valence-electron chi connectivity index (χ2n) is 6.88. The topological polar surface area (TPSA) is 110 Å². The molecule has 0 unspecified atom stereocenters. The second kappa shape index (κ2) is 10.3. The molecule has 3 heterocycles. The molecule has 0 spiro atoms. The predicted octanol–water partition coefficient (Wildman–Crippen LogP) is 3.85. The molecule has 4 aromatic rings. The lowest BCUT2D eigenvalue weighted by Gasteiger charge is -2.12. The van der Waals surface area contributed by atoms with E-state index in [9.17, 15) is 13.2 Å². The second-order valence-corrected chi connectivity index (χ2v) is 9.68. The van der Waals surface area contributed by atoms with Crippen LogP contribution in [0.3, 0.4) is 0 Å². The van der Waals surface area contributed by atoms with E-state index in [2.05, 4.69) is 20.0 Å². The maximum atomic E-state index is 12.7. The summed E-state index contributed by atoms with van der Waals surface area (Å²) in [6.45, 7) is 0.506. The highest BCUT2D eigenvalue weighted by atomic mass is 32.2. The highest BCUT2D eigenvalue weighted by Gasteiger charge is 2.16. The van der Waals surface area contributed by atoms with E-state index >= 15 is 0 Å². The SMILES string of the molecule is O=C(Nc1ncccc1OCc1ccncc1)c1ccc(S(=O)(=O)NCc2cccs2)cc1. The van der Waals surface area contributed by atoms with Gasteiger partial charge in [0, 0.05) is 35.6 Å². The molecule has 0 saturated carbocycles. The number of anilines is 1. The summed E-state index contributed by atoms with van der Waals surface area (Å²) in [7, 11) is -3.69. The molecule has 0 bridgehead atoms. The number of ether oxygens (including phenoxy) is 1. The van der Waals surface area contributed by atoms with Gasteiger partial charge in [0.2, 0.25) is 10.0 Å². The number of hydrogen-bond donors (Lipinski definition) is 2. The molecule has 10 heteroatoms. The van der Waals surface area contributed by atoms with Crippen LogP contribution in [0.25, 0.3) is 0 Å². The van der Waals surface area contributed by atoms with Gasteiger partial charge in [-0.2, -0.15) is 0 Å². The Hall–Kier alpha value is -3.60. The lowest BCUT2D eigenvalue weighted by atomic mass is 10.2. The molecule has 168 valence electrons. The molecule has 0 radical (unpaired) electrons. The van der Waals surface area contributed by atoms with Gasteiger partial charge in [0.05, 0.1) is 4.90 Å². The van der Waals surface area contributed by atoms with Crippen LogP contribution >= 0.6 is 11.3 Å². The van der Waals surface area contributed by atoms with Crippen LogP contribution in [0, 0.1) is 0 Å². The van der Waals surface area contributed by atoms with Gasteiger partial charge in [0.15, 0.2) is 11.6 Å². The summed E-state index contributed by atoms with van der Waals surface area (Å²) in [5, 5.41) is 4.60. The van der Waals surface area contributed by atoms with E-state index in [1.807, 2.05) is 29.6 Å². The van der Waals surface area contributed by atoms with Crippen molar-refractivity contribution in [1.29, 1.82) is 0 Å². The van der Waals surface area contributed by atoms with Gasteiger partial charge in [-0.05, 0) is 65.5 Å². The average Bonchev–Trinajstić information content (AvgIpc) is 3.37. The number of benzene rings is 1. The van der Waals surface area contributed by atoms with Crippen molar-refractivity contribution in [3.05, 3.63) is 101 Å². The first-order chi connectivity index (χ1) is 16.0. The summed E-state index contributed by atoms with van der Waals surface area (Å²) in [5.74, 6) is 0.253. The number of rotatable bonds is 9. The van der Waals surface area contributed by atoms with Gasteiger partial charge < -0.3 is 10.1 Å². The monoisotopic (exact) mass is 480 g/mol. The number of amides is 1. The van der Waals surface area contributed by atoms with Gasteiger partial charge in [-0.1, -0.05) is 6.07 Å². The fourth-order valence-corrected chi connectivity index (χ4v) is 4.61. The third-order valence-electron chi connectivity index (χ3n) is 4.59. The summed E-state index contributed by atoms with van der Waals surface area (Å²) in [6, 6.07) is 16.5. The largest absolute Gasteiger partial charge is 0.485 e. The summed E-state index contributed by atoms with van der Waals surface area (Å²) >= 11 is 1.47. The van der Waals surface area contributed by atoms with E-state index in [-0.39, 0.29) is 22.8 Å². The standard InChI is InChI=1S/C23H20N4O4S2/c28-23(27-22-21(4-1-11-25-22)31-16-17-9-12-24-13-10-17)18-5-7-20(8-6-18)33(29,30)26-15-19-3-2-14-32-19/h1-14,26H,15-16H2,(H,25,27,28). The third kappa shape index (κ3) is 6.01. The molecule has 0 fully saturated rings. The number of carbonyl (C=O) groups excluding carboxylic acids is 1. The molecule has 4 rings (SSSR count). The molecule has 3 aromatic heterocycles. The lowest BCUT2D eigenvalue weighted by Crippen LogP contribution is -2.23. The zero-order chi connectivity index (χ0) is 23.1. The Morgan fingerprint density at radius 3 is 2.48 bits per heavy atom. The predicted molar refractivity (Wildman–Crippen MR) is 126 cm³/mol. The van der Waals surface area contributed by atoms with Crippen LogP contribution < -0.4 is 14.8 Å². The number of sulfonamides is 1. The van der Waals surface area contributed by atoms with Crippen molar-refractivity contribution < 1.29 is 17.9 Å². The van der Waals surface area contributed by atoms with Crippen LogP contribution in [0.4, 0.5) is 5.82 Å². The molecule has 1 aromatic carbocycles. The Bertz CT molecular complexity index is 1310. The van der Waals surface area contributed by atoms with Gasteiger partial charge in [0.25, 0.3) is 5.91 Å². The average molecular weight is 481 g/mol. The maximum Gasteiger partial charge on any atom is 0.256 e. The van der Waals surface area contributed by atoms with Crippen LogP contribution in [0.15, 0.2) is 89.5 Å². The van der Waals surface area contributed by atoms with E-state index in [0.29, 0.717) is 12.4 Å².